The molecule has 2 atom stereocenters. The largest absolute Gasteiger partial charge is 0.352 e. The van der Waals surface area contributed by atoms with Crippen LogP contribution in [0.25, 0.3) is 5.82 Å². The number of fused-ring (bicyclic) bond motifs is 2. The quantitative estimate of drug-likeness (QED) is 0.859. The number of aromatic nitrogens is 3. The van der Waals surface area contributed by atoms with Crippen LogP contribution in [0.4, 0.5) is 0 Å². The molecule has 0 radical (unpaired) electrons. The number of nitrogens with one attached hydrogen (secondary N) is 1. The number of amides is 1. The van der Waals surface area contributed by atoms with Crippen LogP contribution >= 0.6 is 12.4 Å². The first-order valence-electron chi connectivity index (χ1n) is 9.19. The number of hydrogen-bond acceptors (Lipinski definition) is 4. The monoisotopic (exact) mass is 375 g/mol. The average molecular weight is 376 g/mol. The fourth-order valence-corrected chi connectivity index (χ4v) is 4.50. The Hall–Kier alpha value is -1.92. The number of hydrogen-bond donors (Lipinski definition) is 2. The van der Waals surface area contributed by atoms with Crippen LogP contribution in [-0.2, 0) is 11.3 Å². The van der Waals surface area contributed by atoms with Gasteiger partial charge in [-0.1, -0.05) is 12.5 Å². The number of halogens is 1. The minimum Gasteiger partial charge on any atom is -0.352 e. The standard InChI is InChI=1S/C19H25N5O.ClH/c20-17-13-4-1-5-14(17)11-16(10-13)19(25)22-12-15-6-2-7-21-18(15)24-9-3-8-23-24;/h2-3,6-9,13-14,16-17H,1,4-5,10-12,20H2,(H,22,25);1H. The second-order valence-corrected chi connectivity index (χ2v) is 7.35. The summed E-state index contributed by atoms with van der Waals surface area (Å²) in [7, 11) is 0. The summed E-state index contributed by atoms with van der Waals surface area (Å²) in [6, 6.07) is 6.03. The molecular formula is C19H26ClN5O. The molecule has 2 aromatic heterocycles. The lowest BCUT2D eigenvalue weighted by Gasteiger charge is -2.43. The SMILES string of the molecule is Cl.NC1C2CCCC1CC(C(=O)NCc1cccnc1-n1cccn1)C2. The molecule has 7 heteroatoms. The van der Waals surface area contributed by atoms with E-state index in [2.05, 4.69) is 15.4 Å². The third-order valence-corrected chi connectivity index (χ3v) is 5.83. The zero-order valence-corrected chi connectivity index (χ0v) is 15.6. The van der Waals surface area contributed by atoms with Gasteiger partial charge in [-0.25, -0.2) is 9.67 Å². The van der Waals surface area contributed by atoms with Gasteiger partial charge >= 0.3 is 0 Å². The minimum atomic E-state index is 0. The Labute approximate surface area is 160 Å². The molecule has 6 nitrogen and oxygen atoms in total. The van der Waals surface area contributed by atoms with Crippen LogP contribution in [0, 0.1) is 17.8 Å². The summed E-state index contributed by atoms with van der Waals surface area (Å²) >= 11 is 0. The van der Waals surface area contributed by atoms with E-state index in [0.29, 0.717) is 24.4 Å². The highest BCUT2D eigenvalue weighted by atomic mass is 35.5. The van der Waals surface area contributed by atoms with Gasteiger partial charge in [0.2, 0.25) is 5.91 Å². The van der Waals surface area contributed by atoms with Crippen molar-refractivity contribution in [2.24, 2.45) is 23.5 Å². The molecule has 4 rings (SSSR count). The van der Waals surface area contributed by atoms with Crippen LogP contribution in [0.15, 0.2) is 36.8 Å². The summed E-state index contributed by atoms with van der Waals surface area (Å²) in [6.07, 6.45) is 10.8. The molecule has 2 bridgehead atoms. The van der Waals surface area contributed by atoms with E-state index in [1.807, 2.05) is 24.4 Å². The van der Waals surface area contributed by atoms with Gasteiger partial charge in [0.1, 0.15) is 0 Å². The van der Waals surface area contributed by atoms with Crippen LogP contribution in [0.5, 0.6) is 0 Å². The first-order chi connectivity index (χ1) is 12.2. The van der Waals surface area contributed by atoms with Gasteiger partial charge in [0.25, 0.3) is 0 Å². The van der Waals surface area contributed by atoms with E-state index >= 15 is 0 Å². The van der Waals surface area contributed by atoms with Gasteiger partial charge in [0.15, 0.2) is 5.82 Å². The van der Waals surface area contributed by atoms with Crippen LogP contribution in [0.3, 0.4) is 0 Å². The maximum absolute atomic E-state index is 12.7. The molecule has 2 saturated carbocycles. The maximum Gasteiger partial charge on any atom is 0.223 e. The molecule has 3 N–H and O–H groups in total. The van der Waals surface area contributed by atoms with Gasteiger partial charge in [-0.3, -0.25) is 4.79 Å². The van der Waals surface area contributed by atoms with Gasteiger partial charge in [0.05, 0.1) is 0 Å². The summed E-state index contributed by atoms with van der Waals surface area (Å²) in [6.45, 7) is 0.472. The molecule has 2 unspecified atom stereocenters. The van der Waals surface area contributed by atoms with Crippen LogP contribution in [0.1, 0.15) is 37.7 Å². The Morgan fingerprint density at radius 2 is 2.00 bits per heavy atom. The third kappa shape index (κ3) is 3.76. The molecule has 0 aliphatic heterocycles. The molecule has 0 saturated heterocycles. The summed E-state index contributed by atoms with van der Waals surface area (Å²) in [5.74, 6) is 2.04. The molecule has 1 amide bonds. The first kappa shape index (κ1) is 18.9. The van der Waals surface area contributed by atoms with Crippen LogP contribution in [-0.4, -0.2) is 26.7 Å². The van der Waals surface area contributed by atoms with E-state index < -0.39 is 0 Å². The Bertz CT molecular complexity index is 721. The van der Waals surface area contributed by atoms with Crippen LogP contribution < -0.4 is 11.1 Å². The maximum atomic E-state index is 12.7. The van der Waals surface area contributed by atoms with Gasteiger partial charge in [-0.2, -0.15) is 5.10 Å². The highest BCUT2D eigenvalue weighted by Crippen LogP contribution is 2.41. The van der Waals surface area contributed by atoms with Crippen molar-refractivity contribution in [2.75, 3.05) is 0 Å². The lowest BCUT2D eigenvalue weighted by atomic mass is 9.65. The zero-order chi connectivity index (χ0) is 17.2. The first-order valence-corrected chi connectivity index (χ1v) is 9.19. The zero-order valence-electron chi connectivity index (χ0n) is 14.8. The molecule has 2 aromatic rings. The van der Waals surface area contributed by atoms with E-state index in [9.17, 15) is 4.79 Å². The molecule has 26 heavy (non-hydrogen) atoms. The number of pyridine rings is 1. The van der Waals surface area contributed by atoms with Crippen molar-refractivity contribution >= 4 is 18.3 Å². The number of carbonyl (C=O) groups excluding carboxylic acids is 1. The van der Waals surface area contributed by atoms with E-state index in [1.165, 1.54) is 19.3 Å². The Morgan fingerprint density at radius 1 is 1.23 bits per heavy atom. The number of rotatable bonds is 4. The lowest BCUT2D eigenvalue weighted by Crippen LogP contribution is -2.49. The summed E-state index contributed by atoms with van der Waals surface area (Å²) in [5.41, 5.74) is 7.30. The molecule has 2 aliphatic carbocycles. The Balaban J connectivity index is 0.00000196. The van der Waals surface area contributed by atoms with E-state index in [0.717, 1.165) is 24.2 Å². The Morgan fingerprint density at radius 3 is 2.69 bits per heavy atom. The molecule has 140 valence electrons. The van der Waals surface area contributed by atoms with Crippen molar-refractivity contribution in [3.63, 3.8) is 0 Å². The van der Waals surface area contributed by atoms with Crippen molar-refractivity contribution in [3.8, 4) is 5.82 Å². The van der Waals surface area contributed by atoms with E-state index in [1.54, 1.807) is 17.1 Å². The Kier molecular flexibility index (Phi) is 5.94. The van der Waals surface area contributed by atoms with Crippen molar-refractivity contribution in [2.45, 2.75) is 44.7 Å². The highest BCUT2D eigenvalue weighted by Gasteiger charge is 2.40. The molecule has 0 aromatic carbocycles. The van der Waals surface area contributed by atoms with E-state index in [-0.39, 0.29) is 24.2 Å². The molecule has 2 fully saturated rings. The van der Waals surface area contributed by atoms with Gasteiger partial charge < -0.3 is 11.1 Å². The molecular weight excluding hydrogens is 350 g/mol. The topological polar surface area (TPSA) is 85.8 Å². The van der Waals surface area contributed by atoms with Crippen LogP contribution in [0.2, 0.25) is 0 Å². The lowest BCUT2D eigenvalue weighted by molar-refractivity contribution is -0.128. The summed E-state index contributed by atoms with van der Waals surface area (Å²) < 4.78 is 1.73. The van der Waals surface area contributed by atoms with Crippen molar-refractivity contribution < 1.29 is 4.79 Å². The fourth-order valence-electron chi connectivity index (χ4n) is 4.50. The minimum absolute atomic E-state index is 0. The number of nitrogens with two attached hydrogens (primary N) is 1. The second-order valence-electron chi connectivity index (χ2n) is 7.35. The molecule has 2 aliphatic rings. The smallest absolute Gasteiger partial charge is 0.223 e. The third-order valence-electron chi connectivity index (χ3n) is 5.83. The molecule has 0 spiro atoms. The van der Waals surface area contributed by atoms with Gasteiger partial charge in [0, 0.05) is 42.7 Å². The second kappa shape index (κ2) is 8.18. The number of carbonyl (C=O) groups is 1. The van der Waals surface area contributed by atoms with Crippen molar-refractivity contribution in [3.05, 3.63) is 42.4 Å². The highest BCUT2D eigenvalue weighted by molar-refractivity contribution is 5.85. The molecule has 2 heterocycles. The van der Waals surface area contributed by atoms with Crippen molar-refractivity contribution in [1.29, 1.82) is 0 Å². The fraction of sp³-hybridized carbons (Fsp3) is 0.526. The van der Waals surface area contributed by atoms with Crippen molar-refractivity contribution in [1.82, 2.24) is 20.1 Å². The average Bonchev–Trinajstić information content (AvgIpc) is 3.14. The van der Waals surface area contributed by atoms with Gasteiger partial charge in [-0.15, -0.1) is 12.4 Å². The number of nitrogens with zero attached hydrogens (tertiary/aromatic N) is 3. The predicted octanol–water partition coefficient (Wildman–Crippen LogP) is 2.46. The summed E-state index contributed by atoms with van der Waals surface area (Å²) in [4.78, 5) is 17.1. The van der Waals surface area contributed by atoms with Gasteiger partial charge in [-0.05, 0) is 49.7 Å². The predicted molar refractivity (Wildman–Crippen MR) is 102 cm³/mol. The normalized spacial score (nSPS) is 27.4. The summed E-state index contributed by atoms with van der Waals surface area (Å²) in [5, 5.41) is 7.35. The van der Waals surface area contributed by atoms with E-state index in [4.69, 9.17) is 5.73 Å².